The third-order valence-electron chi connectivity index (χ3n) is 3.92. The van der Waals surface area contributed by atoms with Crippen molar-refractivity contribution in [2.75, 3.05) is 0 Å². The maximum absolute atomic E-state index is 4.62. The number of para-hydroxylation sites is 1. The third-order valence-corrected chi connectivity index (χ3v) is 5.03. The molecule has 0 saturated heterocycles. The molecule has 0 aliphatic heterocycles. The van der Waals surface area contributed by atoms with E-state index in [4.69, 9.17) is 0 Å². The van der Waals surface area contributed by atoms with Gasteiger partial charge in [-0.1, -0.05) is 42.0 Å². The summed E-state index contributed by atoms with van der Waals surface area (Å²) in [5.41, 5.74) is 3.97. The van der Waals surface area contributed by atoms with Gasteiger partial charge in [-0.15, -0.1) is 22.8 Å². The number of nitrogens with zero attached hydrogens (tertiary/aromatic N) is 6. The molecule has 0 spiro atoms. The van der Waals surface area contributed by atoms with E-state index in [0.717, 1.165) is 21.3 Å². The molecule has 0 aliphatic carbocycles. The predicted molar refractivity (Wildman–Crippen MR) is 106 cm³/mol. The third kappa shape index (κ3) is 3.30. The number of aryl methyl sites for hydroxylation is 1. The average Bonchev–Trinajstić information content (AvgIpc) is 3.22. The second kappa shape index (κ2) is 7.05. The summed E-state index contributed by atoms with van der Waals surface area (Å²) in [6.45, 7) is 2.63. The Bertz CT molecular complexity index is 1070. The Kier molecular flexibility index (Phi) is 4.60. The zero-order valence-corrected chi connectivity index (χ0v) is 16.4. The lowest BCUT2D eigenvalue weighted by Gasteiger charge is -2.06. The number of aromatic nitrogens is 6. The molecule has 0 N–H and O–H groups in total. The molecule has 0 fully saturated rings. The van der Waals surface area contributed by atoms with Crippen molar-refractivity contribution >= 4 is 28.6 Å². The molecule has 130 valence electrons. The van der Waals surface area contributed by atoms with E-state index in [1.807, 2.05) is 36.4 Å². The monoisotopic (exact) mass is 426 g/mol. The van der Waals surface area contributed by atoms with Crippen molar-refractivity contribution < 1.29 is 0 Å². The zero-order chi connectivity index (χ0) is 18.1. The van der Waals surface area contributed by atoms with Gasteiger partial charge in [-0.25, -0.2) is 4.68 Å². The largest absolute Gasteiger partial charge is 0.226 e. The van der Waals surface area contributed by atoms with E-state index in [0.29, 0.717) is 17.4 Å². The molecule has 8 heteroatoms. The van der Waals surface area contributed by atoms with Gasteiger partial charge in [0.25, 0.3) is 0 Å². The normalized spacial score (nSPS) is 11.0. The van der Waals surface area contributed by atoms with Crippen molar-refractivity contribution in [2.45, 2.75) is 18.5 Å². The summed E-state index contributed by atoms with van der Waals surface area (Å²) in [5, 5.41) is 17.9. The van der Waals surface area contributed by atoms with E-state index >= 15 is 0 Å². The zero-order valence-electron chi connectivity index (χ0n) is 13.9. The summed E-state index contributed by atoms with van der Waals surface area (Å²) < 4.78 is 2.67. The minimum absolute atomic E-state index is 0.501. The van der Waals surface area contributed by atoms with Crippen LogP contribution in [0.25, 0.3) is 17.1 Å². The summed E-state index contributed by atoms with van der Waals surface area (Å²) in [7, 11) is 0. The van der Waals surface area contributed by atoms with Crippen molar-refractivity contribution in [3.63, 3.8) is 0 Å². The molecule has 0 bridgehead atoms. The molecule has 0 radical (unpaired) electrons. The Morgan fingerprint density at radius 2 is 1.96 bits per heavy atom. The highest BCUT2D eigenvalue weighted by Crippen LogP contribution is 2.28. The molecule has 4 rings (SSSR count). The fourth-order valence-corrected chi connectivity index (χ4v) is 3.46. The van der Waals surface area contributed by atoms with Gasteiger partial charge in [0.05, 0.1) is 24.0 Å². The van der Waals surface area contributed by atoms with Crippen LogP contribution in [-0.2, 0) is 6.54 Å². The van der Waals surface area contributed by atoms with E-state index < -0.39 is 0 Å². The van der Waals surface area contributed by atoms with Crippen molar-refractivity contribution in [3.8, 4) is 17.1 Å². The van der Waals surface area contributed by atoms with Crippen molar-refractivity contribution in [1.82, 2.24) is 30.0 Å². The Morgan fingerprint density at radius 1 is 1.12 bits per heavy atom. The SMILES string of the molecule is Cc1cccc(Cn2nnc(-c3cnn(-c4ccccc4Br)c3S)n2)c1. The molecule has 6 nitrogen and oxygen atoms in total. The number of halogens is 1. The van der Waals surface area contributed by atoms with Crippen LogP contribution < -0.4 is 0 Å². The number of thiol groups is 1. The van der Waals surface area contributed by atoms with Crippen LogP contribution in [0.15, 0.2) is 64.2 Å². The van der Waals surface area contributed by atoms with Crippen LogP contribution in [0.4, 0.5) is 0 Å². The number of rotatable bonds is 4. The summed E-state index contributed by atoms with van der Waals surface area (Å²) in [4.78, 5) is 1.58. The Balaban J connectivity index is 1.63. The summed E-state index contributed by atoms with van der Waals surface area (Å²) in [6, 6.07) is 16.1. The second-order valence-electron chi connectivity index (χ2n) is 5.88. The van der Waals surface area contributed by atoms with Gasteiger partial charge in [0.1, 0.15) is 5.03 Å². The number of tetrazole rings is 1. The second-order valence-corrected chi connectivity index (χ2v) is 7.16. The van der Waals surface area contributed by atoms with Crippen molar-refractivity contribution in [2.24, 2.45) is 0 Å². The molecular weight excluding hydrogens is 412 g/mol. The first kappa shape index (κ1) is 17.0. The highest BCUT2D eigenvalue weighted by molar-refractivity contribution is 9.10. The highest BCUT2D eigenvalue weighted by atomic mass is 79.9. The molecule has 2 heterocycles. The van der Waals surface area contributed by atoms with Gasteiger partial charge < -0.3 is 0 Å². The minimum Gasteiger partial charge on any atom is -0.226 e. The average molecular weight is 427 g/mol. The molecule has 26 heavy (non-hydrogen) atoms. The summed E-state index contributed by atoms with van der Waals surface area (Å²) in [6.07, 6.45) is 1.70. The molecule has 0 saturated carbocycles. The van der Waals surface area contributed by atoms with Crippen LogP contribution in [-0.4, -0.2) is 30.0 Å². The molecule has 4 aromatic rings. The van der Waals surface area contributed by atoms with E-state index in [-0.39, 0.29) is 0 Å². The van der Waals surface area contributed by atoms with Crippen LogP contribution in [0.1, 0.15) is 11.1 Å². The van der Waals surface area contributed by atoms with Gasteiger partial charge in [-0.05, 0) is 45.8 Å². The molecular formula is C18H15BrN6S. The minimum atomic E-state index is 0.501. The van der Waals surface area contributed by atoms with Crippen LogP contribution in [0.5, 0.6) is 0 Å². The van der Waals surface area contributed by atoms with Crippen LogP contribution in [0.3, 0.4) is 0 Å². The Labute approximate surface area is 164 Å². The van der Waals surface area contributed by atoms with Gasteiger partial charge in [0, 0.05) is 4.47 Å². The molecule has 2 aromatic carbocycles. The topological polar surface area (TPSA) is 61.4 Å². The van der Waals surface area contributed by atoms with Gasteiger partial charge in [0.15, 0.2) is 0 Å². The Hall–Kier alpha value is -2.45. The number of benzene rings is 2. The fraction of sp³-hybridized carbons (Fsp3) is 0.111. The summed E-state index contributed by atoms with van der Waals surface area (Å²) in [5.74, 6) is 0.501. The highest BCUT2D eigenvalue weighted by Gasteiger charge is 2.16. The van der Waals surface area contributed by atoms with E-state index in [2.05, 4.69) is 68.1 Å². The standard InChI is InChI=1S/C18H15BrN6S/c1-12-5-4-6-13(9-12)11-24-22-17(21-23-24)14-10-20-25(18(14)26)16-8-3-2-7-15(16)19/h2-10,26H,11H2,1H3. The number of hydrogen-bond acceptors (Lipinski definition) is 5. The van der Waals surface area contributed by atoms with E-state index in [9.17, 15) is 0 Å². The van der Waals surface area contributed by atoms with Gasteiger partial charge in [-0.3, -0.25) is 0 Å². The molecule has 2 aromatic heterocycles. The van der Waals surface area contributed by atoms with Crippen LogP contribution in [0, 0.1) is 6.92 Å². The van der Waals surface area contributed by atoms with Gasteiger partial charge in [-0.2, -0.15) is 9.90 Å². The van der Waals surface area contributed by atoms with Crippen LogP contribution in [0.2, 0.25) is 0 Å². The first-order valence-corrected chi connectivity index (χ1v) is 9.21. The predicted octanol–water partition coefficient (Wildman–Crippen LogP) is 3.93. The summed E-state index contributed by atoms with van der Waals surface area (Å²) >= 11 is 8.15. The molecule has 0 unspecified atom stereocenters. The van der Waals surface area contributed by atoms with Gasteiger partial charge in [0.2, 0.25) is 5.82 Å². The van der Waals surface area contributed by atoms with Crippen LogP contribution >= 0.6 is 28.6 Å². The fourth-order valence-electron chi connectivity index (χ4n) is 2.69. The lowest BCUT2D eigenvalue weighted by molar-refractivity contribution is 0.572. The quantitative estimate of drug-likeness (QED) is 0.502. The molecule has 0 amide bonds. The lowest BCUT2D eigenvalue weighted by Crippen LogP contribution is -2.04. The molecule has 0 aliphatic rings. The lowest BCUT2D eigenvalue weighted by atomic mass is 10.1. The maximum atomic E-state index is 4.62. The van der Waals surface area contributed by atoms with Crippen molar-refractivity contribution in [1.29, 1.82) is 0 Å². The Morgan fingerprint density at radius 3 is 2.77 bits per heavy atom. The van der Waals surface area contributed by atoms with E-state index in [1.54, 1.807) is 15.7 Å². The molecule has 0 atom stereocenters. The van der Waals surface area contributed by atoms with E-state index in [1.165, 1.54) is 5.56 Å². The number of hydrogen-bond donors (Lipinski definition) is 1. The van der Waals surface area contributed by atoms with Crippen molar-refractivity contribution in [3.05, 3.63) is 70.3 Å². The maximum Gasteiger partial charge on any atom is 0.209 e. The smallest absolute Gasteiger partial charge is 0.209 e. The first-order valence-electron chi connectivity index (χ1n) is 7.97. The van der Waals surface area contributed by atoms with Gasteiger partial charge >= 0.3 is 0 Å². The first-order chi connectivity index (χ1) is 12.6.